The molecule has 1 aromatic rings. The summed E-state index contributed by atoms with van der Waals surface area (Å²) in [7, 11) is -3.40. The molecule has 0 atom stereocenters. The van der Waals surface area contributed by atoms with Crippen molar-refractivity contribution in [2.75, 3.05) is 29.5 Å². The number of primary sulfonamides is 1. The molecule has 19 heavy (non-hydrogen) atoms. The van der Waals surface area contributed by atoms with Gasteiger partial charge in [0.2, 0.25) is 10.0 Å². The summed E-state index contributed by atoms with van der Waals surface area (Å²) >= 11 is 0. The molecule has 0 saturated heterocycles. The lowest BCUT2D eigenvalue weighted by atomic mass is 10.2. The first-order valence-electron chi connectivity index (χ1n) is 6.30. The van der Waals surface area contributed by atoms with Gasteiger partial charge in [-0.1, -0.05) is 6.92 Å². The van der Waals surface area contributed by atoms with Gasteiger partial charge in [0.15, 0.2) is 0 Å². The molecule has 0 aliphatic carbocycles. The summed E-state index contributed by atoms with van der Waals surface area (Å²) in [6.45, 7) is 5.32. The first kappa shape index (κ1) is 15.6. The Morgan fingerprint density at radius 1 is 1.21 bits per heavy atom. The maximum Gasteiger partial charge on any atom is 0.209 e. The number of hydrogen-bond acceptors (Lipinski definition) is 6. The van der Waals surface area contributed by atoms with E-state index in [1.165, 1.54) is 6.33 Å². The number of rotatable bonds is 8. The van der Waals surface area contributed by atoms with E-state index in [9.17, 15) is 8.42 Å². The van der Waals surface area contributed by atoms with Gasteiger partial charge in [0.1, 0.15) is 18.0 Å². The van der Waals surface area contributed by atoms with Crippen LogP contribution in [0.25, 0.3) is 0 Å². The van der Waals surface area contributed by atoms with E-state index in [0.717, 1.165) is 30.2 Å². The van der Waals surface area contributed by atoms with Crippen molar-refractivity contribution in [3.05, 3.63) is 11.9 Å². The van der Waals surface area contributed by atoms with E-state index >= 15 is 0 Å². The first-order chi connectivity index (χ1) is 8.98. The van der Waals surface area contributed by atoms with Crippen molar-refractivity contribution >= 4 is 21.7 Å². The summed E-state index contributed by atoms with van der Waals surface area (Å²) in [5, 5.41) is 11.2. The largest absolute Gasteiger partial charge is 0.370 e. The van der Waals surface area contributed by atoms with Crippen LogP contribution in [0.15, 0.2) is 6.33 Å². The SMILES string of the molecule is CCNc1ncnc(NCCCS(N)(=O)=O)c1CC. The van der Waals surface area contributed by atoms with E-state index in [1.807, 2.05) is 13.8 Å². The number of nitrogens with zero attached hydrogens (tertiary/aromatic N) is 2. The van der Waals surface area contributed by atoms with Crippen molar-refractivity contribution in [1.29, 1.82) is 0 Å². The van der Waals surface area contributed by atoms with Gasteiger partial charge in [0, 0.05) is 18.7 Å². The van der Waals surface area contributed by atoms with Crippen molar-refractivity contribution in [2.24, 2.45) is 5.14 Å². The van der Waals surface area contributed by atoms with Crippen molar-refractivity contribution in [3.8, 4) is 0 Å². The van der Waals surface area contributed by atoms with Gasteiger partial charge in [-0.25, -0.2) is 23.5 Å². The molecule has 4 N–H and O–H groups in total. The van der Waals surface area contributed by atoms with Crippen LogP contribution in [-0.2, 0) is 16.4 Å². The average Bonchev–Trinajstić information content (AvgIpc) is 2.34. The second-order valence-electron chi connectivity index (χ2n) is 4.08. The van der Waals surface area contributed by atoms with Gasteiger partial charge in [-0.3, -0.25) is 0 Å². The molecule has 8 heteroatoms. The van der Waals surface area contributed by atoms with Crippen LogP contribution in [-0.4, -0.2) is 37.2 Å². The topological polar surface area (TPSA) is 110 Å². The van der Waals surface area contributed by atoms with Gasteiger partial charge < -0.3 is 10.6 Å². The minimum Gasteiger partial charge on any atom is -0.370 e. The summed E-state index contributed by atoms with van der Waals surface area (Å²) in [6.07, 6.45) is 2.72. The van der Waals surface area contributed by atoms with E-state index in [4.69, 9.17) is 5.14 Å². The second kappa shape index (κ2) is 7.25. The van der Waals surface area contributed by atoms with Crippen LogP contribution in [0.5, 0.6) is 0 Å². The first-order valence-corrected chi connectivity index (χ1v) is 8.01. The highest BCUT2D eigenvalue weighted by molar-refractivity contribution is 7.89. The van der Waals surface area contributed by atoms with Crippen LogP contribution >= 0.6 is 0 Å². The molecular weight excluding hydrogens is 266 g/mol. The molecule has 0 amide bonds. The Kier molecular flexibility index (Phi) is 5.97. The fraction of sp³-hybridized carbons (Fsp3) is 0.636. The fourth-order valence-corrected chi connectivity index (χ4v) is 2.25. The summed E-state index contributed by atoms with van der Waals surface area (Å²) in [6, 6.07) is 0. The lowest BCUT2D eigenvalue weighted by Crippen LogP contribution is -2.19. The third-order valence-corrected chi connectivity index (χ3v) is 3.40. The summed E-state index contributed by atoms with van der Waals surface area (Å²) in [4.78, 5) is 8.37. The zero-order valence-corrected chi connectivity index (χ0v) is 12.1. The number of nitrogens with one attached hydrogen (secondary N) is 2. The van der Waals surface area contributed by atoms with Crippen LogP contribution in [0.4, 0.5) is 11.6 Å². The molecule has 0 radical (unpaired) electrons. The number of anilines is 2. The minimum absolute atomic E-state index is 0.0351. The highest BCUT2D eigenvalue weighted by Gasteiger charge is 2.09. The van der Waals surface area contributed by atoms with E-state index < -0.39 is 10.0 Å². The van der Waals surface area contributed by atoms with Crippen molar-refractivity contribution in [2.45, 2.75) is 26.7 Å². The molecule has 1 heterocycles. The zero-order valence-electron chi connectivity index (χ0n) is 11.3. The predicted octanol–water partition coefficient (Wildman–Crippen LogP) is 0.561. The van der Waals surface area contributed by atoms with Gasteiger partial charge in [0.25, 0.3) is 0 Å². The third-order valence-electron chi connectivity index (χ3n) is 2.54. The van der Waals surface area contributed by atoms with Crippen molar-refractivity contribution in [1.82, 2.24) is 9.97 Å². The Labute approximate surface area is 114 Å². The maximum absolute atomic E-state index is 10.8. The normalized spacial score (nSPS) is 11.3. The predicted molar refractivity (Wildman–Crippen MR) is 76.7 cm³/mol. The maximum atomic E-state index is 10.8. The van der Waals surface area contributed by atoms with Crippen LogP contribution in [0.1, 0.15) is 25.8 Å². The number of aromatic nitrogens is 2. The van der Waals surface area contributed by atoms with Gasteiger partial charge in [-0.05, 0) is 19.8 Å². The summed E-state index contributed by atoms with van der Waals surface area (Å²) in [5.41, 5.74) is 1.000. The Bertz CT molecular complexity index is 504. The molecule has 108 valence electrons. The van der Waals surface area contributed by atoms with E-state index in [-0.39, 0.29) is 5.75 Å². The van der Waals surface area contributed by atoms with Gasteiger partial charge in [-0.2, -0.15) is 0 Å². The number of nitrogens with two attached hydrogens (primary N) is 1. The summed E-state index contributed by atoms with van der Waals surface area (Å²) < 4.78 is 21.6. The lowest BCUT2D eigenvalue weighted by molar-refractivity contribution is 0.595. The van der Waals surface area contributed by atoms with Gasteiger partial charge in [-0.15, -0.1) is 0 Å². The quantitative estimate of drug-likeness (QED) is 0.603. The lowest BCUT2D eigenvalue weighted by Gasteiger charge is -2.13. The molecule has 0 aromatic carbocycles. The molecule has 1 aromatic heterocycles. The molecule has 0 fully saturated rings. The molecule has 0 bridgehead atoms. The smallest absolute Gasteiger partial charge is 0.209 e. The minimum atomic E-state index is -3.40. The molecule has 0 unspecified atom stereocenters. The van der Waals surface area contributed by atoms with Crippen LogP contribution in [0.2, 0.25) is 0 Å². The average molecular weight is 287 g/mol. The zero-order chi connectivity index (χ0) is 14.3. The molecule has 0 spiro atoms. The molecule has 0 aliphatic heterocycles. The van der Waals surface area contributed by atoms with Crippen molar-refractivity contribution < 1.29 is 8.42 Å². The highest BCUT2D eigenvalue weighted by Crippen LogP contribution is 2.20. The van der Waals surface area contributed by atoms with Crippen LogP contribution in [0, 0.1) is 0 Å². The monoisotopic (exact) mass is 287 g/mol. The molecule has 0 aliphatic rings. The standard InChI is InChI=1S/C11H21N5O2S/c1-3-9-10(13-4-2)15-8-16-11(9)14-6-5-7-19(12,17)18/h8H,3-7H2,1-2H3,(H2,12,17,18)(H2,13,14,15,16). The summed E-state index contributed by atoms with van der Waals surface area (Å²) in [5.74, 6) is 1.52. The van der Waals surface area contributed by atoms with E-state index in [1.54, 1.807) is 0 Å². The van der Waals surface area contributed by atoms with Gasteiger partial charge >= 0.3 is 0 Å². The number of sulfonamides is 1. The second-order valence-corrected chi connectivity index (χ2v) is 5.81. The molecule has 0 saturated carbocycles. The molecular formula is C11H21N5O2S. The van der Waals surface area contributed by atoms with E-state index in [2.05, 4.69) is 20.6 Å². The van der Waals surface area contributed by atoms with Crippen LogP contribution in [0.3, 0.4) is 0 Å². The number of hydrogen-bond donors (Lipinski definition) is 3. The third kappa shape index (κ3) is 5.39. The Balaban J connectivity index is 2.65. The van der Waals surface area contributed by atoms with Crippen LogP contribution < -0.4 is 15.8 Å². The van der Waals surface area contributed by atoms with Gasteiger partial charge in [0.05, 0.1) is 5.75 Å². The Morgan fingerprint density at radius 3 is 2.37 bits per heavy atom. The Hall–Kier alpha value is -1.41. The highest BCUT2D eigenvalue weighted by atomic mass is 32.2. The molecule has 7 nitrogen and oxygen atoms in total. The Morgan fingerprint density at radius 2 is 1.84 bits per heavy atom. The fourth-order valence-electron chi connectivity index (χ4n) is 1.70. The molecule has 1 rings (SSSR count). The van der Waals surface area contributed by atoms with Crippen molar-refractivity contribution in [3.63, 3.8) is 0 Å². The van der Waals surface area contributed by atoms with E-state index in [0.29, 0.717) is 13.0 Å².